The van der Waals surface area contributed by atoms with Crippen LogP contribution in [0.2, 0.25) is 0 Å². The largest absolute Gasteiger partial charge is 0.504 e. The van der Waals surface area contributed by atoms with E-state index in [1.54, 1.807) is 43.3 Å². The number of hydrogen-bond donors (Lipinski definition) is 1. The number of methoxy groups -OCH3 is 1. The van der Waals surface area contributed by atoms with E-state index in [2.05, 4.69) is 10.2 Å². The third-order valence-corrected chi connectivity index (χ3v) is 10.1. The molecule has 4 unspecified atom stereocenters. The van der Waals surface area contributed by atoms with Crippen molar-refractivity contribution in [3.05, 3.63) is 113 Å². The number of Topliss-reactive ketones (excluding diaryl/α,β-unsaturated/α-hetero) is 1. The predicted octanol–water partition coefficient (Wildman–Crippen LogP) is 7.06. The molecule has 0 bridgehead atoms. The molecule has 50 heavy (non-hydrogen) atoms. The third-order valence-electron chi connectivity index (χ3n) is 10.1. The first-order valence-corrected chi connectivity index (χ1v) is 16.5. The average Bonchev–Trinajstić information content (AvgIpc) is 3.38. The van der Waals surface area contributed by atoms with Gasteiger partial charge in [-0.25, -0.2) is 0 Å². The Balaban J connectivity index is 1.17. The normalized spacial score (nSPS) is 23.2. The molecule has 1 heterocycles. The molecule has 1 fully saturated rings. The van der Waals surface area contributed by atoms with Crippen LogP contribution in [0.3, 0.4) is 0 Å². The first kappa shape index (κ1) is 32.6. The summed E-state index contributed by atoms with van der Waals surface area (Å²) >= 11 is 0. The fourth-order valence-corrected chi connectivity index (χ4v) is 7.50. The number of hydrogen-bond acceptors (Lipinski definition) is 9. The number of anilines is 2. The Kier molecular flexibility index (Phi) is 8.39. The number of ketones is 2. The molecule has 3 aliphatic carbocycles. The summed E-state index contributed by atoms with van der Waals surface area (Å²) in [5.41, 5.74) is 5.54. The number of imide groups is 1. The van der Waals surface area contributed by atoms with E-state index in [1.165, 1.54) is 24.2 Å². The topological polar surface area (TPSA) is 129 Å². The van der Waals surface area contributed by atoms with Crippen molar-refractivity contribution in [2.75, 3.05) is 31.0 Å². The molecule has 0 saturated carbocycles. The highest BCUT2D eigenvalue weighted by Gasteiger charge is 2.56. The van der Waals surface area contributed by atoms with Crippen LogP contribution in [0, 0.1) is 23.7 Å². The molecule has 1 aliphatic heterocycles. The van der Waals surface area contributed by atoms with Crippen LogP contribution in [0.15, 0.2) is 117 Å². The van der Waals surface area contributed by atoms with Gasteiger partial charge in [0, 0.05) is 42.4 Å². The molecule has 3 aromatic rings. The Morgan fingerprint density at radius 2 is 1.58 bits per heavy atom. The Bertz CT molecular complexity index is 2090. The number of azo groups is 1. The second-order valence-corrected chi connectivity index (χ2v) is 13.2. The van der Waals surface area contributed by atoms with E-state index in [4.69, 9.17) is 4.74 Å². The second-order valence-electron chi connectivity index (χ2n) is 13.2. The number of allylic oxidation sites excluding steroid dienone is 7. The van der Waals surface area contributed by atoms with E-state index in [0.717, 1.165) is 16.8 Å². The van der Waals surface area contributed by atoms with Crippen LogP contribution >= 0.6 is 0 Å². The summed E-state index contributed by atoms with van der Waals surface area (Å²) in [4.78, 5) is 58.3. The van der Waals surface area contributed by atoms with Crippen molar-refractivity contribution in [1.82, 2.24) is 0 Å². The number of phenolic OH excluding ortho intramolecular Hbond substituents is 1. The first-order valence-electron chi connectivity index (χ1n) is 16.5. The highest BCUT2D eigenvalue weighted by atomic mass is 16.5. The fourth-order valence-electron chi connectivity index (χ4n) is 7.50. The van der Waals surface area contributed by atoms with Gasteiger partial charge in [0.1, 0.15) is 0 Å². The van der Waals surface area contributed by atoms with Crippen molar-refractivity contribution in [1.29, 1.82) is 0 Å². The van der Waals surface area contributed by atoms with Crippen LogP contribution in [0.4, 0.5) is 22.7 Å². The van der Waals surface area contributed by atoms with Gasteiger partial charge in [0.25, 0.3) is 0 Å². The van der Waals surface area contributed by atoms with Crippen molar-refractivity contribution < 1.29 is 29.0 Å². The summed E-state index contributed by atoms with van der Waals surface area (Å²) in [5.74, 6) is -3.00. The summed E-state index contributed by atoms with van der Waals surface area (Å²) in [7, 11) is 5.39. The molecule has 1 N–H and O–H groups in total. The van der Waals surface area contributed by atoms with Gasteiger partial charge in [0.15, 0.2) is 23.1 Å². The first-order chi connectivity index (χ1) is 24.0. The molecule has 252 valence electrons. The quantitative estimate of drug-likeness (QED) is 0.124. The monoisotopic (exact) mass is 668 g/mol. The van der Waals surface area contributed by atoms with Gasteiger partial charge in [0.2, 0.25) is 11.8 Å². The van der Waals surface area contributed by atoms with Gasteiger partial charge in [0.05, 0.1) is 36.0 Å². The van der Waals surface area contributed by atoms with Crippen molar-refractivity contribution in [3.63, 3.8) is 0 Å². The number of fused-ring (bicyclic) bond motifs is 3. The zero-order valence-electron chi connectivity index (χ0n) is 28.2. The lowest BCUT2D eigenvalue weighted by Gasteiger charge is -2.41. The molecule has 2 amide bonds. The highest BCUT2D eigenvalue weighted by molar-refractivity contribution is 6.24. The van der Waals surface area contributed by atoms with Crippen molar-refractivity contribution in [2.24, 2.45) is 33.9 Å². The van der Waals surface area contributed by atoms with Crippen LogP contribution in [0.25, 0.3) is 6.08 Å². The maximum absolute atomic E-state index is 14.2. The van der Waals surface area contributed by atoms with Crippen LogP contribution in [0.5, 0.6) is 11.5 Å². The van der Waals surface area contributed by atoms with Crippen LogP contribution in [-0.2, 0) is 19.2 Å². The van der Waals surface area contributed by atoms with E-state index in [0.29, 0.717) is 46.0 Å². The Labute approximate surface area is 289 Å². The van der Waals surface area contributed by atoms with E-state index in [-0.39, 0.29) is 35.6 Å². The lowest BCUT2D eigenvalue weighted by atomic mass is 9.60. The van der Waals surface area contributed by atoms with Gasteiger partial charge in [-0.3, -0.25) is 24.1 Å². The summed E-state index contributed by atoms with van der Waals surface area (Å²) in [6.45, 7) is 1.64. The standard InChI is InChI=1S/C40H36N4O6/c1-22-19-34(46)32-21-31-28(29(36(32)38(22)47)15-5-23-6-18-33(45)35(20-23)50-4)16-17-30-37(31)40(49)44(39(30)48)27-13-9-25(10-14-27)42-41-24-7-11-26(12-8-24)43(2)3/h5-16,18-20,29-31,37,45H,17,21H2,1-4H3. The SMILES string of the molecule is COc1cc(C=CC2C3=CCC4C(=O)N(c5ccc(N=Nc6ccc(N(C)C)cc6)cc5)C(=O)C4C3CC3=C2C(=O)C(C)=CC3=O)ccc1O. The number of rotatable bonds is 7. The number of carbonyl (C=O) groups excluding carboxylic acids is 4. The molecule has 1 saturated heterocycles. The minimum atomic E-state index is -0.680. The maximum atomic E-state index is 14.2. The number of benzene rings is 3. The fraction of sp³-hybridized carbons (Fsp3) is 0.250. The molecule has 0 radical (unpaired) electrons. The zero-order valence-corrected chi connectivity index (χ0v) is 28.2. The van der Waals surface area contributed by atoms with E-state index < -0.39 is 23.7 Å². The molecule has 7 rings (SSSR count). The average molecular weight is 669 g/mol. The minimum Gasteiger partial charge on any atom is -0.504 e. The predicted molar refractivity (Wildman–Crippen MR) is 190 cm³/mol. The molecule has 10 nitrogen and oxygen atoms in total. The summed E-state index contributed by atoms with van der Waals surface area (Å²) < 4.78 is 5.26. The minimum absolute atomic E-state index is 0.00113. The zero-order chi connectivity index (χ0) is 35.3. The van der Waals surface area contributed by atoms with Crippen molar-refractivity contribution >= 4 is 52.2 Å². The summed E-state index contributed by atoms with van der Waals surface area (Å²) in [5, 5.41) is 18.7. The van der Waals surface area contributed by atoms with Gasteiger partial charge >= 0.3 is 0 Å². The van der Waals surface area contributed by atoms with Gasteiger partial charge in [-0.05, 0) is 98.0 Å². The van der Waals surface area contributed by atoms with Gasteiger partial charge in [-0.2, -0.15) is 10.2 Å². The molecule has 4 aliphatic rings. The van der Waals surface area contributed by atoms with E-state index in [9.17, 15) is 24.3 Å². The molecule has 4 atom stereocenters. The van der Waals surface area contributed by atoms with Crippen molar-refractivity contribution in [2.45, 2.75) is 19.8 Å². The number of amides is 2. The van der Waals surface area contributed by atoms with Crippen LogP contribution in [-0.4, -0.2) is 49.7 Å². The van der Waals surface area contributed by atoms with Crippen molar-refractivity contribution in [3.8, 4) is 11.5 Å². The summed E-state index contributed by atoms with van der Waals surface area (Å²) in [6.07, 6.45) is 7.59. The van der Waals surface area contributed by atoms with Crippen LogP contribution < -0.4 is 14.5 Å². The molecular weight excluding hydrogens is 632 g/mol. The van der Waals surface area contributed by atoms with E-state index >= 15 is 0 Å². The number of phenols is 1. The molecule has 10 heteroatoms. The number of ether oxygens (including phenoxy) is 1. The Morgan fingerprint density at radius 1 is 0.900 bits per heavy atom. The lowest BCUT2D eigenvalue weighted by Crippen LogP contribution is -2.40. The lowest BCUT2D eigenvalue weighted by molar-refractivity contribution is -0.123. The second kappa shape index (κ2) is 12.9. The molecule has 0 aromatic heterocycles. The highest BCUT2D eigenvalue weighted by Crippen LogP contribution is 2.53. The molecule has 0 spiro atoms. The van der Waals surface area contributed by atoms with E-state index in [1.807, 2.05) is 61.5 Å². The smallest absolute Gasteiger partial charge is 0.238 e. The van der Waals surface area contributed by atoms with Gasteiger partial charge < -0.3 is 14.7 Å². The van der Waals surface area contributed by atoms with Gasteiger partial charge in [-0.15, -0.1) is 0 Å². The Hall–Kier alpha value is -5.90. The third kappa shape index (κ3) is 5.66. The molecule has 3 aromatic carbocycles. The molecular formula is C40H36N4O6. The number of aromatic hydroxyl groups is 1. The summed E-state index contributed by atoms with van der Waals surface area (Å²) in [6, 6.07) is 19.4. The van der Waals surface area contributed by atoms with Gasteiger partial charge in [-0.1, -0.05) is 29.9 Å². The van der Waals surface area contributed by atoms with Crippen LogP contribution in [0.1, 0.15) is 25.3 Å². The Morgan fingerprint density at radius 3 is 2.24 bits per heavy atom. The number of nitrogens with zero attached hydrogens (tertiary/aromatic N) is 4. The maximum Gasteiger partial charge on any atom is 0.238 e. The number of carbonyl (C=O) groups is 4.